The quantitative estimate of drug-likeness (QED) is 0.794. The molecule has 2 aliphatic heterocycles. The molecule has 1 amide bonds. The first-order valence-electron chi connectivity index (χ1n) is 8.74. The highest BCUT2D eigenvalue weighted by Crippen LogP contribution is 2.29. The Bertz CT molecular complexity index is 818. The molecule has 2 fully saturated rings. The number of rotatable bonds is 4. The molecule has 1 aromatic heterocycles. The summed E-state index contributed by atoms with van der Waals surface area (Å²) in [5, 5.41) is 27.0. The zero-order valence-electron chi connectivity index (χ0n) is 14.5. The van der Waals surface area contributed by atoms with E-state index in [0.29, 0.717) is 30.9 Å². The van der Waals surface area contributed by atoms with Crippen LogP contribution in [0.25, 0.3) is 0 Å². The van der Waals surface area contributed by atoms with Gasteiger partial charge in [-0.3, -0.25) is 4.90 Å². The number of hydrogen-bond donors (Lipinski definition) is 2. The van der Waals surface area contributed by atoms with Crippen LogP contribution in [0.2, 0.25) is 0 Å². The predicted molar refractivity (Wildman–Crippen MR) is 92.9 cm³/mol. The third kappa shape index (κ3) is 3.58. The number of ether oxygens (including phenoxy) is 1. The number of carbonyl (C=O) groups excluding carboxylic acids is 1. The summed E-state index contributed by atoms with van der Waals surface area (Å²) >= 11 is 0. The third-order valence-electron chi connectivity index (χ3n) is 4.87. The van der Waals surface area contributed by atoms with Gasteiger partial charge in [0.2, 0.25) is 0 Å². The Morgan fingerprint density at radius 3 is 2.81 bits per heavy atom. The summed E-state index contributed by atoms with van der Waals surface area (Å²) in [5.41, 5.74) is 0.733. The fraction of sp³-hybridized carbons (Fsp3) is 0.471. The average molecular weight is 377 g/mol. The van der Waals surface area contributed by atoms with Crippen LogP contribution < -0.4 is 9.80 Å². The van der Waals surface area contributed by atoms with Crippen molar-refractivity contribution >= 4 is 17.5 Å². The van der Waals surface area contributed by atoms with E-state index in [9.17, 15) is 19.4 Å². The first-order valence-corrected chi connectivity index (χ1v) is 8.74. The average Bonchev–Trinajstić information content (AvgIpc) is 3.27. The second kappa shape index (κ2) is 7.12. The molecule has 0 spiro atoms. The van der Waals surface area contributed by atoms with Gasteiger partial charge in [0.05, 0.1) is 42.9 Å². The Kier molecular flexibility index (Phi) is 4.66. The highest BCUT2D eigenvalue weighted by atomic mass is 19.1. The zero-order valence-corrected chi connectivity index (χ0v) is 14.5. The van der Waals surface area contributed by atoms with Gasteiger partial charge in [-0.05, 0) is 24.6 Å². The van der Waals surface area contributed by atoms with Crippen LogP contribution in [0.4, 0.5) is 20.6 Å². The van der Waals surface area contributed by atoms with Crippen molar-refractivity contribution in [3.63, 3.8) is 0 Å². The minimum absolute atomic E-state index is 0.156. The fourth-order valence-electron chi connectivity index (χ4n) is 3.42. The summed E-state index contributed by atoms with van der Waals surface area (Å²) in [7, 11) is 0. The van der Waals surface area contributed by atoms with Crippen LogP contribution in [0.5, 0.6) is 0 Å². The molecule has 4 rings (SSSR count). The van der Waals surface area contributed by atoms with Gasteiger partial charge in [-0.1, -0.05) is 5.21 Å². The Balaban J connectivity index is 1.46. The van der Waals surface area contributed by atoms with Crippen molar-refractivity contribution in [1.82, 2.24) is 15.0 Å². The number of hydrogen-bond acceptors (Lipinski definition) is 7. The zero-order chi connectivity index (χ0) is 19.0. The molecular weight excluding hydrogens is 357 g/mol. The molecule has 10 heteroatoms. The first-order chi connectivity index (χ1) is 13.0. The van der Waals surface area contributed by atoms with Crippen LogP contribution in [0, 0.1) is 5.82 Å². The maximum atomic E-state index is 14.7. The Hall–Kier alpha value is -2.72. The summed E-state index contributed by atoms with van der Waals surface area (Å²) in [6, 6.07) is 4.51. The van der Waals surface area contributed by atoms with E-state index in [1.807, 2.05) is 0 Å². The first kappa shape index (κ1) is 17.7. The molecule has 2 aliphatic rings. The van der Waals surface area contributed by atoms with Crippen molar-refractivity contribution in [2.45, 2.75) is 31.3 Å². The third-order valence-corrected chi connectivity index (χ3v) is 4.87. The molecule has 9 nitrogen and oxygen atoms in total. The smallest absolute Gasteiger partial charge is 0.414 e. The van der Waals surface area contributed by atoms with Crippen molar-refractivity contribution in [3.8, 4) is 0 Å². The van der Waals surface area contributed by atoms with Crippen LogP contribution in [-0.4, -0.2) is 69.2 Å². The van der Waals surface area contributed by atoms with Crippen molar-refractivity contribution < 1.29 is 24.1 Å². The largest absolute Gasteiger partial charge is 0.442 e. The lowest BCUT2D eigenvalue weighted by molar-refractivity contribution is 0.00789. The van der Waals surface area contributed by atoms with Crippen molar-refractivity contribution in [2.75, 3.05) is 29.4 Å². The summed E-state index contributed by atoms with van der Waals surface area (Å²) in [5.74, 6) is -0.497. The highest BCUT2D eigenvalue weighted by Gasteiger charge is 2.34. The maximum absolute atomic E-state index is 14.7. The molecule has 27 heavy (non-hydrogen) atoms. The number of nitrogens with zero attached hydrogens (tertiary/aromatic N) is 5. The SMILES string of the molecule is O=C1OC(Cn2ccnn2)CN1c1ccc(N2CCC(O)C(O)C2)c(F)c1. The molecule has 0 bridgehead atoms. The fourth-order valence-corrected chi connectivity index (χ4v) is 3.42. The van der Waals surface area contributed by atoms with Crippen molar-refractivity contribution in [3.05, 3.63) is 36.4 Å². The maximum Gasteiger partial charge on any atom is 0.414 e. The van der Waals surface area contributed by atoms with Crippen LogP contribution in [-0.2, 0) is 11.3 Å². The van der Waals surface area contributed by atoms with E-state index >= 15 is 0 Å². The van der Waals surface area contributed by atoms with E-state index in [4.69, 9.17) is 4.74 Å². The van der Waals surface area contributed by atoms with Crippen LogP contribution in [0.3, 0.4) is 0 Å². The van der Waals surface area contributed by atoms with Gasteiger partial charge < -0.3 is 19.8 Å². The lowest BCUT2D eigenvalue weighted by Crippen LogP contribution is -2.47. The van der Waals surface area contributed by atoms with Gasteiger partial charge in [0.15, 0.2) is 0 Å². The topological polar surface area (TPSA) is 104 Å². The van der Waals surface area contributed by atoms with Gasteiger partial charge in [0.25, 0.3) is 0 Å². The van der Waals surface area contributed by atoms with Gasteiger partial charge in [0, 0.05) is 19.3 Å². The lowest BCUT2D eigenvalue weighted by atomic mass is 10.0. The number of anilines is 2. The minimum atomic E-state index is -0.913. The van der Waals surface area contributed by atoms with Crippen LogP contribution in [0.15, 0.2) is 30.6 Å². The molecule has 0 radical (unpaired) electrons. The van der Waals surface area contributed by atoms with Gasteiger partial charge in [-0.15, -0.1) is 5.10 Å². The molecule has 3 atom stereocenters. The van der Waals surface area contributed by atoms with E-state index in [1.54, 1.807) is 34.1 Å². The number of amides is 1. The molecule has 144 valence electrons. The number of piperidine rings is 1. The molecule has 2 N–H and O–H groups in total. The van der Waals surface area contributed by atoms with Crippen molar-refractivity contribution in [2.24, 2.45) is 0 Å². The standard InChI is InChI=1S/C17H20FN5O4/c18-13-7-11(1-2-14(13)21-5-3-15(24)16(25)10-21)23-9-12(27-17(23)26)8-22-6-4-19-20-22/h1-2,4,6-7,12,15-16,24-25H,3,5,8-10H2. The van der Waals surface area contributed by atoms with Crippen LogP contribution in [0.1, 0.15) is 6.42 Å². The summed E-state index contributed by atoms with van der Waals surface area (Å²) < 4.78 is 21.5. The Morgan fingerprint density at radius 2 is 2.11 bits per heavy atom. The predicted octanol–water partition coefficient (Wildman–Crippen LogP) is 0.374. The Morgan fingerprint density at radius 1 is 1.26 bits per heavy atom. The van der Waals surface area contributed by atoms with E-state index in [2.05, 4.69) is 10.3 Å². The number of β-amino-alcohol motifs (C(OH)–C–C–N with tert-alkyl or cyclic N) is 1. The van der Waals surface area contributed by atoms with Crippen molar-refractivity contribution in [1.29, 1.82) is 0 Å². The molecular formula is C17H20FN5O4. The van der Waals surface area contributed by atoms with E-state index < -0.39 is 30.2 Å². The highest BCUT2D eigenvalue weighted by molar-refractivity contribution is 5.90. The number of cyclic esters (lactones) is 1. The number of carbonyl (C=O) groups is 1. The van der Waals surface area contributed by atoms with E-state index in [-0.39, 0.29) is 13.1 Å². The Labute approximate surface area is 154 Å². The molecule has 2 saturated heterocycles. The summed E-state index contributed by atoms with van der Waals surface area (Å²) in [6.07, 6.45) is 0.942. The molecule has 2 aromatic rings. The minimum Gasteiger partial charge on any atom is -0.442 e. The second-order valence-corrected chi connectivity index (χ2v) is 6.75. The summed E-state index contributed by atoms with van der Waals surface area (Å²) in [6.45, 7) is 1.26. The molecule has 3 heterocycles. The number of aliphatic hydroxyl groups is 2. The normalized spacial score (nSPS) is 25.7. The summed E-state index contributed by atoms with van der Waals surface area (Å²) in [4.78, 5) is 15.2. The van der Waals surface area contributed by atoms with E-state index in [1.165, 1.54) is 11.0 Å². The van der Waals surface area contributed by atoms with Gasteiger partial charge in [-0.25, -0.2) is 13.9 Å². The van der Waals surface area contributed by atoms with Gasteiger partial charge in [0.1, 0.15) is 11.9 Å². The molecule has 0 saturated carbocycles. The monoisotopic (exact) mass is 377 g/mol. The molecule has 0 aliphatic carbocycles. The van der Waals surface area contributed by atoms with E-state index in [0.717, 1.165) is 0 Å². The number of aromatic nitrogens is 3. The molecule has 1 aromatic carbocycles. The van der Waals surface area contributed by atoms with Gasteiger partial charge >= 0.3 is 6.09 Å². The lowest BCUT2D eigenvalue weighted by Gasteiger charge is -2.35. The second-order valence-electron chi connectivity index (χ2n) is 6.75. The molecule has 3 unspecified atom stereocenters. The van der Waals surface area contributed by atoms with Gasteiger partial charge in [-0.2, -0.15) is 0 Å². The van der Waals surface area contributed by atoms with Crippen LogP contribution >= 0.6 is 0 Å². The number of benzene rings is 1. The number of aliphatic hydroxyl groups excluding tert-OH is 2. The number of halogens is 1.